The highest BCUT2D eigenvalue weighted by Gasteiger charge is 2.32. The third kappa shape index (κ3) is 4.68. The van der Waals surface area contributed by atoms with Crippen LogP contribution in [0.15, 0.2) is 59.8 Å². The van der Waals surface area contributed by atoms with Gasteiger partial charge in [-0.05, 0) is 37.1 Å². The number of nitrogens with one attached hydrogen (secondary N) is 2. The molecule has 2 aromatic carbocycles. The molecule has 0 spiro atoms. The fourth-order valence-corrected chi connectivity index (χ4v) is 3.15. The number of carbonyl (C=O) groups is 2. The molecule has 0 radical (unpaired) electrons. The summed E-state index contributed by atoms with van der Waals surface area (Å²) in [6.07, 6.45) is 0. The second-order valence-corrected chi connectivity index (χ2v) is 6.48. The van der Waals surface area contributed by atoms with Gasteiger partial charge in [0, 0.05) is 5.70 Å². The van der Waals surface area contributed by atoms with Crippen LogP contribution in [0.25, 0.3) is 0 Å². The summed E-state index contributed by atoms with van der Waals surface area (Å²) in [5, 5.41) is 5.38. The van der Waals surface area contributed by atoms with Crippen LogP contribution in [0, 0.1) is 0 Å². The van der Waals surface area contributed by atoms with Gasteiger partial charge >= 0.3 is 12.0 Å². The number of esters is 1. The van der Waals surface area contributed by atoms with Gasteiger partial charge in [-0.1, -0.05) is 36.4 Å². The quantitative estimate of drug-likeness (QED) is 0.700. The molecule has 0 aromatic heterocycles. The van der Waals surface area contributed by atoms with Crippen LogP contribution in [0.1, 0.15) is 31.0 Å². The summed E-state index contributed by atoms with van der Waals surface area (Å²) in [6.45, 7) is 4.39. The zero-order chi connectivity index (χ0) is 20.8. The molecule has 0 saturated heterocycles. The Bertz CT molecular complexity index is 924. The molecule has 0 bridgehead atoms. The second kappa shape index (κ2) is 9.14. The summed E-state index contributed by atoms with van der Waals surface area (Å²) >= 11 is 0. The van der Waals surface area contributed by atoms with E-state index in [9.17, 15) is 9.59 Å². The molecule has 0 unspecified atom stereocenters. The molecule has 1 atom stereocenters. The van der Waals surface area contributed by atoms with E-state index in [0.717, 1.165) is 5.56 Å². The number of methoxy groups -OCH3 is 1. The summed E-state index contributed by atoms with van der Waals surface area (Å²) in [5.41, 5.74) is 2.52. The van der Waals surface area contributed by atoms with Crippen molar-refractivity contribution in [3.8, 4) is 11.5 Å². The van der Waals surface area contributed by atoms with Gasteiger partial charge in [-0.15, -0.1) is 0 Å². The van der Waals surface area contributed by atoms with Crippen molar-refractivity contribution in [2.75, 3.05) is 13.7 Å². The summed E-state index contributed by atoms with van der Waals surface area (Å²) < 4.78 is 16.6. The van der Waals surface area contributed by atoms with Crippen LogP contribution in [0.3, 0.4) is 0 Å². The average Bonchev–Trinajstić information content (AvgIpc) is 2.72. The van der Waals surface area contributed by atoms with Crippen LogP contribution in [0.5, 0.6) is 11.5 Å². The molecule has 0 aliphatic carbocycles. The molecule has 7 heteroatoms. The number of benzene rings is 2. The van der Waals surface area contributed by atoms with Crippen LogP contribution in [0.2, 0.25) is 0 Å². The van der Waals surface area contributed by atoms with Crippen molar-refractivity contribution >= 4 is 12.0 Å². The first-order valence-electron chi connectivity index (χ1n) is 9.33. The molecule has 7 nitrogen and oxygen atoms in total. The Morgan fingerprint density at radius 2 is 1.83 bits per heavy atom. The number of amides is 2. The minimum Gasteiger partial charge on any atom is -0.490 e. The van der Waals surface area contributed by atoms with Gasteiger partial charge in [-0.2, -0.15) is 0 Å². The SMILES string of the molecule is CCOc1cc([C@H]2NC(=O)NC(C)=C2C(=O)OC)ccc1OCc1ccccc1. The third-order valence-electron chi connectivity index (χ3n) is 4.51. The van der Waals surface area contributed by atoms with E-state index in [-0.39, 0.29) is 6.03 Å². The summed E-state index contributed by atoms with van der Waals surface area (Å²) in [5.74, 6) is 0.609. The number of rotatable bonds is 7. The second-order valence-electron chi connectivity index (χ2n) is 6.48. The number of carbonyl (C=O) groups excluding carboxylic acids is 2. The van der Waals surface area contributed by atoms with E-state index in [1.807, 2.05) is 37.3 Å². The van der Waals surface area contributed by atoms with E-state index >= 15 is 0 Å². The fraction of sp³-hybridized carbons (Fsp3) is 0.273. The maximum Gasteiger partial charge on any atom is 0.337 e. The number of allylic oxidation sites excluding steroid dienone is 1. The molecule has 1 aliphatic heterocycles. The number of ether oxygens (including phenoxy) is 3. The molecular formula is C22H24N2O5. The maximum atomic E-state index is 12.3. The zero-order valence-corrected chi connectivity index (χ0v) is 16.7. The first-order valence-corrected chi connectivity index (χ1v) is 9.33. The minimum atomic E-state index is -0.654. The number of hydrogen-bond acceptors (Lipinski definition) is 5. The Morgan fingerprint density at radius 3 is 2.52 bits per heavy atom. The van der Waals surface area contributed by atoms with Gasteiger partial charge in [0.1, 0.15) is 6.61 Å². The smallest absolute Gasteiger partial charge is 0.337 e. The van der Waals surface area contributed by atoms with Crippen molar-refractivity contribution < 1.29 is 23.8 Å². The lowest BCUT2D eigenvalue weighted by Gasteiger charge is -2.28. The van der Waals surface area contributed by atoms with Crippen molar-refractivity contribution in [2.45, 2.75) is 26.5 Å². The highest BCUT2D eigenvalue weighted by atomic mass is 16.5. The Labute approximate surface area is 169 Å². The van der Waals surface area contributed by atoms with Gasteiger partial charge in [-0.3, -0.25) is 0 Å². The minimum absolute atomic E-state index is 0.340. The standard InChI is InChI=1S/C22H24N2O5/c1-4-28-18-12-16(10-11-17(18)29-13-15-8-6-5-7-9-15)20-19(21(25)27-3)14(2)23-22(26)24-20/h5-12,20H,4,13H2,1-3H3,(H2,23,24,26)/t20-/m1/s1. The molecule has 29 heavy (non-hydrogen) atoms. The number of urea groups is 1. The molecule has 1 aliphatic rings. The lowest BCUT2D eigenvalue weighted by atomic mass is 9.95. The lowest BCUT2D eigenvalue weighted by molar-refractivity contribution is -0.136. The Hall–Kier alpha value is -3.48. The third-order valence-corrected chi connectivity index (χ3v) is 4.51. The van der Waals surface area contributed by atoms with Gasteiger partial charge in [0.25, 0.3) is 0 Å². The Balaban J connectivity index is 1.91. The highest BCUT2D eigenvalue weighted by molar-refractivity contribution is 5.95. The van der Waals surface area contributed by atoms with E-state index in [1.165, 1.54) is 7.11 Å². The van der Waals surface area contributed by atoms with Crippen LogP contribution >= 0.6 is 0 Å². The molecule has 2 amide bonds. The molecule has 3 rings (SSSR count). The van der Waals surface area contributed by atoms with Crippen molar-refractivity contribution in [2.24, 2.45) is 0 Å². The van der Waals surface area contributed by atoms with Gasteiger partial charge in [0.2, 0.25) is 0 Å². The van der Waals surface area contributed by atoms with Crippen molar-refractivity contribution in [3.05, 3.63) is 70.9 Å². The summed E-state index contributed by atoms with van der Waals surface area (Å²) in [7, 11) is 1.31. The topological polar surface area (TPSA) is 85.9 Å². The predicted molar refractivity (Wildman–Crippen MR) is 108 cm³/mol. The van der Waals surface area contributed by atoms with E-state index in [2.05, 4.69) is 10.6 Å². The molecule has 0 saturated carbocycles. The zero-order valence-electron chi connectivity index (χ0n) is 16.7. The van der Waals surface area contributed by atoms with Gasteiger partial charge in [0.05, 0.1) is 25.3 Å². The van der Waals surface area contributed by atoms with Crippen LogP contribution in [-0.4, -0.2) is 25.7 Å². The predicted octanol–water partition coefficient (Wildman–Crippen LogP) is 3.47. The Morgan fingerprint density at radius 1 is 1.07 bits per heavy atom. The van der Waals surface area contributed by atoms with E-state index in [4.69, 9.17) is 14.2 Å². The molecule has 1 heterocycles. The van der Waals surface area contributed by atoms with Crippen molar-refractivity contribution in [1.82, 2.24) is 10.6 Å². The normalized spacial score (nSPS) is 16.0. The van der Waals surface area contributed by atoms with Crippen molar-refractivity contribution in [1.29, 1.82) is 0 Å². The van der Waals surface area contributed by atoms with Gasteiger partial charge in [0.15, 0.2) is 11.5 Å². The average molecular weight is 396 g/mol. The maximum absolute atomic E-state index is 12.3. The van der Waals surface area contributed by atoms with E-state index in [1.54, 1.807) is 25.1 Å². The summed E-state index contributed by atoms with van der Waals surface area (Å²) in [4.78, 5) is 24.3. The van der Waals surface area contributed by atoms with E-state index < -0.39 is 12.0 Å². The lowest BCUT2D eigenvalue weighted by Crippen LogP contribution is -2.45. The van der Waals surface area contributed by atoms with Crippen molar-refractivity contribution in [3.63, 3.8) is 0 Å². The molecule has 2 aromatic rings. The molecular weight excluding hydrogens is 372 g/mol. The first kappa shape index (κ1) is 20.3. The molecule has 2 N–H and O–H groups in total. The van der Waals surface area contributed by atoms with Crippen LogP contribution < -0.4 is 20.1 Å². The largest absolute Gasteiger partial charge is 0.490 e. The first-order chi connectivity index (χ1) is 14.0. The fourth-order valence-electron chi connectivity index (χ4n) is 3.15. The van der Waals surface area contributed by atoms with Crippen LogP contribution in [0.4, 0.5) is 4.79 Å². The highest BCUT2D eigenvalue weighted by Crippen LogP contribution is 2.35. The Kier molecular flexibility index (Phi) is 6.39. The summed E-state index contributed by atoms with van der Waals surface area (Å²) in [6, 6.07) is 14.1. The van der Waals surface area contributed by atoms with Gasteiger partial charge < -0.3 is 24.8 Å². The van der Waals surface area contributed by atoms with E-state index in [0.29, 0.717) is 41.5 Å². The number of hydrogen-bond donors (Lipinski definition) is 2. The van der Waals surface area contributed by atoms with Gasteiger partial charge in [-0.25, -0.2) is 9.59 Å². The molecule has 152 valence electrons. The molecule has 0 fully saturated rings. The van der Waals surface area contributed by atoms with Crippen LogP contribution in [-0.2, 0) is 16.1 Å². The monoisotopic (exact) mass is 396 g/mol.